The highest BCUT2D eigenvalue weighted by Gasteiger charge is 2.37. The van der Waals surface area contributed by atoms with Crippen molar-refractivity contribution in [2.45, 2.75) is 25.6 Å². The van der Waals surface area contributed by atoms with E-state index in [2.05, 4.69) is 5.32 Å². The van der Waals surface area contributed by atoms with Crippen molar-refractivity contribution >= 4 is 11.8 Å². The number of ether oxygens (including phenoxy) is 1. The molecule has 20 heavy (non-hydrogen) atoms. The number of hydrogen-bond donors (Lipinski definition) is 2. The fraction of sp³-hybridized carbons (Fsp3) is 0.429. The second-order valence-electron chi connectivity index (χ2n) is 4.78. The molecule has 108 valence electrons. The van der Waals surface area contributed by atoms with Crippen LogP contribution in [0.4, 0.5) is 0 Å². The average Bonchev–Trinajstić information content (AvgIpc) is 2.43. The average molecular weight is 278 g/mol. The first-order valence-electron chi connectivity index (χ1n) is 6.41. The van der Waals surface area contributed by atoms with Crippen molar-refractivity contribution in [3.05, 3.63) is 29.8 Å². The van der Waals surface area contributed by atoms with Gasteiger partial charge in [-0.2, -0.15) is 0 Å². The smallest absolute Gasteiger partial charge is 0.245 e. The van der Waals surface area contributed by atoms with Crippen molar-refractivity contribution in [2.24, 2.45) is 0 Å². The minimum atomic E-state index is -0.926. The fourth-order valence-corrected chi connectivity index (χ4v) is 2.30. The van der Waals surface area contributed by atoms with Gasteiger partial charge in [-0.15, -0.1) is 0 Å². The Morgan fingerprint density at radius 1 is 1.50 bits per heavy atom. The van der Waals surface area contributed by atoms with Gasteiger partial charge in [0.25, 0.3) is 0 Å². The van der Waals surface area contributed by atoms with Gasteiger partial charge in [-0.05, 0) is 24.6 Å². The number of nitrogens with zero attached hydrogens (tertiary/aromatic N) is 1. The molecule has 1 fully saturated rings. The Balaban J connectivity index is 2.23. The molecule has 1 heterocycles. The van der Waals surface area contributed by atoms with Crippen LogP contribution in [0, 0.1) is 0 Å². The molecule has 0 saturated carbocycles. The molecule has 1 saturated heterocycles. The molecule has 0 radical (unpaired) electrons. The molecule has 1 aliphatic rings. The first-order valence-corrected chi connectivity index (χ1v) is 6.41. The Hall–Kier alpha value is -2.08. The third-order valence-electron chi connectivity index (χ3n) is 3.28. The van der Waals surface area contributed by atoms with Crippen molar-refractivity contribution < 1.29 is 19.4 Å². The van der Waals surface area contributed by atoms with E-state index < -0.39 is 12.1 Å². The molecule has 6 nitrogen and oxygen atoms in total. The van der Waals surface area contributed by atoms with Crippen LogP contribution in [-0.4, -0.2) is 47.6 Å². The molecule has 0 aliphatic carbocycles. The van der Waals surface area contributed by atoms with Crippen molar-refractivity contribution in [1.29, 1.82) is 0 Å². The van der Waals surface area contributed by atoms with E-state index in [1.54, 1.807) is 19.2 Å². The van der Waals surface area contributed by atoms with E-state index >= 15 is 0 Å². The second-order valence-corrected chi connectivity index (χ2v) is 4.78. The van der Waals surface area contributed by atoms with E-state index in [0.29, 0.717) is 5.75 Å². The molecule has 1 aliphatic heterocycles. The lowest BCUT2D eigenvalue weighted by atomic mass is 10.1. The highest BCUT2D eigenvalue weighted by molar-refractivity contribution is 5.95. The van der Waals surface area contributed by atoms with Gasteiger partial charge >= 0.3 is 0 Å². The topological polar surface area (TPSA) is 78.9 Å². The molecule has 0 aromatic heterocycles. The molecular formula is C14H18N2O4. The number of carbonyl (C=O) groups is 2. The van der Waals surface area contributed by atoms with Crippen LogP contribution < -0.4 is 10.1 Å². The summed E-state index contributed by atoms with van der Waals surface area (Å²) in [7, 11) is 1.57. The zero-order chi connectivity index (χ0) is 14.7. The van der Waals surface area contributed by atoms with Gasteiger partial charge in [0, 0.05) is 6.54 Å². The zero-order valence-corrected chi connectivity index (χ0v) is 11.5. The van der Waals surface area contributed by atoms with Crippen molar-refractivity contribution in [2.75, 3.05) is 13.7 Å². The Labute approximate surface area is 117 Å². The van der Waals surface area contributed by atoms with Gasteiger partial charge in [0.1, 0.15) is 11.8 Å². The molecule has 2 rings (SSSR count). The predicted octanol–water partition coefficient (Wildman–Crippen LogP) is -0.0970. The molecule has 2 atom stereocenters. The molecule has 2 amide bonds. The van der Waals surface area contributed by atoms with E-state index in [0.717, 1.165) is 5.56 Å². The number of benzene rings is 1. The van der Waals surface area contributed by atoms with E-state index in [9.17, 15) is 14.7 Å². The summed E-state index contributed by atoms with van der Waals surface area (Å²) < 4.78 is 5.13. The van der Waals surface area contributed by atoms with Crippen molar-refractivity contribution in [3.63, 3.8) is 0 Å². The van der Waals surface area contributed by atoms with Crippen LogP contribution in [0.5, 0.6) is 5.75 Å². The van der Waals surface area contributed by atoms with Crippen LogP contribution in [0.2, 0.25) is 0 Å². The maximum Gasteiger partial charge on any atom is 0.245 e. The Morgan fingerprint density at radius 2 is 2.25 bits per heavy atom. The lowest BCUT2D eigenvalue weighted by Crippen LogP contribution is -2.61. The van der Waals surface area contributed by atoms with Crippen molar-refractivity contribution in [3.8, 4) is 5.75 Å². The molecule has 0 spiro atoms. The van der Waals surface area contributed by atoms with Crippen LogP contribution in [0.15, 0.2) is 24.3 Å². The standard InChI is InChI=1S/C14H18N2O4/c1-9(17)13-14(19)15-7-12(18)16(13)8-10-4-3-5-11(6-10)20-2/h3-6,9,13,17H,7-8H2,1-2H3,(H,15,19). The highest BCUT2D eigenvalue weighted by Crippen LogP contribution is 2.18. The summed E-state index contributed by atoms with van der Waals surface area (Å²) in [6.07, 6.45) is -0.926. The number of hydrogen-bond acceptors (Lipinski definition) is 4. The van der Waals surface area contributed by atoms with Gasteiger partial charge in [-0.3, -0.25) is 9.59 Å². The zero-order valence-electron chi connectivity index (χ0n) is 11.5. The number of carbonyl (C=O) groups excluding carboxylic acids is 2. The van der Waals surface area contributed by atoms with Gasteiger partial charge in [0.05, 0.1) is 19.8 Å². The maximum atomic E-state index is 12.0. The highest BCUT2D eigenvalue weighted by atomic mass is 16.5. The summed E-state index contributed by atoms with van der Waals surface area (Å²) in [5, 5.41) is 12.2. The lowest BCUT2D eigenvalue weighted by molar-refractivity contribution is -0.150. The summed E-state index contributed by atoms with van der Waals surface area (Å²) in [4.78, 5) is 25.2. The minimum Gasteiger partial charge on any atom is -0.497 e. The summed E-state index contributed by atoms with van der Waals surface area (Å²) in [6.45, 7) is 1.73. The van der Waals surface area contributed by atoms with Gasteiger partial charge in [-0.25, -0.2) is 0 Å². The molecular weight excluding hydrogens is 260 g/mol. The van der Waals surface area contributed by atoms with Crippen LogP contribution in [-0.2, 0) is 16.1 Å². The number of methoxy groups -OCH3 is 1. The minimum absolute atomic E-state index is 0.0357. The molecule has 1 aromatic carbocycles. The van der Waals surface area contributed by atoms with Crippen LogP contribution in [0.25, 0.3) is 0 Å². The Morgan fingerprint density at radius 3 is 2.90 bits per heavy atom. The van der Waals surface area contributed by atoms with E-state index in [4.69, 9.17) is 4.74 Å². The maximum absolute atomic E-state index is 12.0. The largest absolute Gasteiger partial charge is 0.497 e. The summed E-state index contributed by atoms with van der Waals surface area (Å²) in [6, 6.07) is 6.42. The summed E-state index contributed by atoms with van der Waals surface area (Å²) in [5.41, 5.74) is 0.845. The Kier molecular flexibility index (Phi) is 4.24. The van der Waals surface area contributed by atoms with Crippen LogP contribution in [0.3, 0.4) is 0 Å². The van der Waals surface area contributed by atoms with Gasteiger partial charge in [0.15, 0.2) is 0 Å². The second kappa shape index (κ2) is 5.92. The third-order valence-corrected chi connectivity index (χ3v) is 3.28. The fourth-order valence-electron chi connectivity index (χ4n) is 2.30. The number of aliphatic hydroxyl groups excluding tert-OH is 1. The quantitative estimate of drug-likeness (QED) is 0.806. The van der Waals surface area contributed by atoms with E-state index in [-0.39, 0.29) is 24.9 Å². The lowest BCUT2D eigenvalue weighted by Gasteiger charge is -2.36. The Bertz CT molecular complexity index is 516. The number of piperazine rings is 1. The normalized spacial score (nSPS) is 20.6. The monoisotopic (exact) mass is 278 g/mol. The third kappa shape index (κ3) is 2.91. The van der Waals surface area contributed by atoms with Crippen LogP contribution in [0.1, 0.15) is 12.5 Å². The van der Waals surface area contributed by atoms with Gasteiger partial charge in [0.2, 0.25) is 11.8 Å². The summed E-state index contributed by atoms with van der Waals surface area (Å²) in [5.74, 6) is 0.144. The number of amides is 2. The molecule has 1 aromatic rings. The van der Waals surface area contributed by atoms with E-state index in [1.807, 2.05) is 12.1 Å². The summed E-state index contributed by atoms with van der Waals surface area (Å²) >= 11 is 0. The molecule has 2 N–H and O–H groups in total. The van der Waals surface area contributed by atoms with Crippen molar-refractivity contribution in [1.82, 2.24) is 10.2 Å². The van der Waals surface area contributed by atoms with Gasteiger partial charge in [-0.1, -0.05) is 12.1 Å². The number of rotatable bonds is 4. The molecule has 2 unspecified atom stereocenters. The number of nitrogens with one attached hydrogen (secondary N) is 1. The van der Waals surface area contributed by atoms with Gasteiger partial charge < -0.3 is 20.1 Å². The molecule has 6 heteroatoms. The SMILES string of the molecule is COc1cccc(CN2C(=O)CNC(=O)C2C(C)O)c1. The predicted molar refractivity (Wildman–Crippen MR) is 72.0 cm³/mol. The first-order chi connectivity index (χ1) is 9.52. The van der Waals surface area contributed by atoms with Crippen LogP contribution >= 0.6 is 0 Å². The first kappa shape index (κ1) is 14.3. The number of aliphatic hydroxyl groups is 1. The molecule has 0 bridgehead atoms. The van der Waals surface area contributed by atoms with E-state index in [1.165, 1.54) is 11.8 Å².